The molecule has 1 aromatic heterocycles. The van der Waals surface area contributed by atoms with Crippen LogP contribution >= 0.6 is 0 Å². The summed E-state index contributed by atoms with van der Waals surface area (Å²) in [4.78, 5) is 30.3. The Balaban J connectivity index is 1.45. The third kappa shape index (κ3) is 6.30. The first-order valence-corrected chi connectivity index (χ1v) is 10.2. The Kier molecular flexibility index (Phi) is 6.74. The number of nitrogens with one attached hydrogen (secondary N) is 2. The molecule has 0 spiro atoms. The van der Waals surface area contributed by atoms with E-state index in [0.717, 1.165) is 11.1 Å². The van der Waals surface area contributed by atoms with Crippen LogP contribution in [0.15, 0.2) is 36.6 Å². The SMILES string of the molecule is CC(C)(C)OC(=O)N1CCC(NC(=O)Nc2ccc(C3=CC(F)CC=C3)cn2)CC1. The Morgan fingerprint density at radius 1 is 1.23 bits per heavy atom. The van der Waals surface area contributed by atoms with Gasteiger partial charge in [-0.3, -0.25) is 5.32 Å². The Morgan fingerprint density at radius 3 is 2.57 bits per heavy atom. The molecule has 8 heteroatoms. The largest absolute Gasteiger partial charge is 0.444 e. The van der Waals surface area contributed by atoms with Crippen LogP contribution in [0.25, 0.3) is 5.57 Å². The standard InChI is InChI=1S/C22H29FN4O3/c1-22(2,3)30-21(29)27-11-9-18(10-12-27)25-20(28)26-19-8-7-16(14-24-19)15-5-4-6-17(23)13-15/h4-5,7-8,13-14,17-18H,6,9-12H2,1-3H3,(H2,24,25,26,28). The summed E-state index contributed by atoms with van der Waals surface area (Å²) in [6, 6.07) is 3.13. The summed E-state index contributed by atoms with van der Waals surface area (Å²) < 4.78 is 18.9. The van der Waals surface area contributed by atoms with Gasteiger partial charge >= 0.3 is 12.1 Å². The van der Waals surface area contributed by atoms with Gasteiger partial charge in [-0.25, -0.2) is 19.0 Å². The molecule has 1 saturated heterocycles. The van der Waals surface area contributed by atoms with E-state index in [9.17, 15) is 14.0 Å². The molecule has 0 bridgehead atoms. The van der Waals surface area contributed by atoms with Crippen LogP contribution in [-0.2, 0) is 4.74 Å². The molecule has 0 aromatic carbocycles. The first-order valence-electron chi connectivity index (χ1n) is 10.2. The predicted molar refractivity (Wildman–Crippen MR) is 114 cm³/mol. The first kappa shape index (κ1) is 21.8. The van der Waals surface area contributed by atoms with Gasteiger partial charge in [-0.15, -0.1) is 0 Å². The zero-order valence-electron chi connectivity index (χ0n) is 17.7. The van der Waals surface area contributed by atoms with Crippen molar-refractivity contribution in [2.75, 3.05) is 18.4 Å². The van der Waals surface area contributed by atoms with Crippen molar-refractivity contribution in [3.05, 3.63) is 42.1 Å². The zero-order valence-corrected chi connectivity index (χ0v) is 17.7. The van der Waals surface area contributed by atoms with Crippen molar-refractivity contribution < 1.29 is 18.7 Å². The predicted octanol–water partition coefficient (Wildman–Crippen LogP) is 4.28. The average Bonchev–Trinajstić information content (AvgIpc) is 2.68. The third-order valence-corrected chi connectivity index (χ3v) is 4.84. The minimum Gasteiger partial charge on any atom is -0.444 e. The number of likely N-dealkylation sites (tertiary alicyclic amines) is 1. The highest BCUT2D eigenvalue weighted by Crippen LogP contribution is 2.23. The maximum Gasteiger partial charge on any atom is 0.410 e. The lowest BCUT2D eigenvalue weighted by molar-refractivity contribution is 0.0202. The number of pyridine rings is 1. The minimum absolute atomic E-state index is 0.0259. The summed E-state index contributed by atoms with van der Waals surface area (Å²) in [6.45, 7) is 6.58. The van der Waals surface area contributed by atoms with Gasteiger partial charge in [0.05, 0.1) is 0 Å². The number of allylic oxidation sites excluding steroid dienone is 4. The summed E-state index contributed by atoms with van der Waals surface area (Å²) in [5, 5.41) is 5.63. The number of piperidine rings is 1. The van der Waals surface area contributed by atoms with Gasteiger partial charge in [0.2, 0.25) is 0 Å². The second-order valence-corrected chi connectivity index (χ2v) is 8.55. The second-order valence-electron chi connectivity index (χ2n) is 8.55. The average molecular weight is 416 g/mol. The molecular weight excluding hydrogens is 387 g/mol. The van der Waals surface area contributed by atoms with Crippen LogP contribution in [0.2, 0.25) is 0 Å². The summed E-state index contributed by atoms with van der Waals surface area (Å²) in [5.41, 5.74) is 1.06. The number of alkyl halides is 1. The minimum atomic E-state index is -0.977. The molecule has 7 nitrogen and oxygen atoms in total. The monoisotopic (exact) mass is 416 g/mol. The lowest BCUT2D eigenvalue weighted by Gasteiger charge is -2.33. The van der Waals surface area contributed by atoms with Crippen molar-refractivity contribution in [2.45, 2.75) is 57.8 Å². The quantitative estimate of drug-likeness (QED) is 0.770. The van der Waals surface area contributed by atoms with Crippen LogP contribution < -0.4 is 10.6 Å². The van der Waals surface area contributed by atoms with E-state index in [1.165, 1.54) is 0 Å². The molecule has 0 saturated carbocycles. The summed E-state index contributed by atoms with van der Waals surface area (Å²) in [7, 11) is 0. The Bertz CT molecular complexity index is 822. The molecule has 3 rings (SSSR count). The van der Waals surface area contributed by atoms with Crippen molar-refractivity contribution in [1.29, 1.82) is 0 Å². The summed E-state index contributed by atoms with van der Waals surface area (Å²) >= 11 is 0. The van der Waals surface area contributed by atoms with Crippen molar-refractivity contribution >= 4 is 23.5 Å². The van der Waals surface area contributed by atoms with Crippen molar-refractivity contribution in [1.82, 2.24) is 15.2 Å². The Morgan fingerprint density at radius 2 is 1.97 bits per heavy atom. The molecular formula is C22H29FN4O3. The van der Waals surface area contributed by atoms with Gasteiger partial charge in [0, 0.05) is 31.7 Å². The molecule has 1 atom stereocenters. The number of carbonyl (C=O) groups is 2. The van der Waals surface area contributed by atoms with E-state index in [1.807, 2.05) is 26.8 Å². The van der Waals surface area contributed by atoms with Crippen LogP contribution in [0.3, 0.4) is 0 Å². The van der Waals surface area contributed by atoms with E-state index < -0.39 is 11.8 Å². The second kappa shape index (κ2) is 9.28. The number of aromatic nitrogens is 1. The molecule has 2 N–H and O–H groups in total. The number of amides is 3. The van der Waals surface area contributed by atoms with Gasteiger partial charge < -0.3 is 15.0 Å². The number of rotatable bonds is 3. The molecule has 1 fully saturated rings. The van der Waals surface area contributed by atoms with Crippen LogP contribution in [0.1, 0.15) is 45.6 Å². The fourth-order valence-electron chi connectivity index (χ4n) is 3.35. The molecule has 1 aliphatic carbocycles. The molecule has 162 valence electrons. The number of hydrogen-bond acceptors (Lipinski definition) is 4. The number of ether oxygens (including phenoxy) is 1. The number of nitrogens with zero attached hydrogens (tertiary/aromatic N) is 2. The molecule has 2 heterocycles. The van der Waals surface area contributed by atoms with Crippen molar-refractivity contribution in [3.8, 4) is 0 Å². The van der Waals surface area contributed by atoms with Crippen molar-refractivity contribution in [2.24, 2.45) is 0 Å². The molecule has 1 aliphatic heterocycles. The number of hydrogen-bond donors (Lipinski definition) is 2. The number of anilines is 1. The normalized spacial score (nSPS) is 19.8. The van der Waals surface area contributed by atoms with Gasteiger partial charge in [0.25, 0.3) is 0 Å². The maximum absolute atomic E-state index is 13.5. The van der Waals surface area contributed by atoms with Gasteiger partial charge in [-0.05, 0) is 63.0 Å². The molecule has 30 heavy (non-hydrogen) atoms. The van der Waals surface area contributed by atoms with E-state index >= 15 is 0 Å². The fraction of sp³-hybridized carbons (Fsp3) is 0.500. The molecule has 0 radical (unpaired) electrons. The van der Waals surface area contributed by atoms with Gasteiger partial charge in [0.15, 0.2) is 0 Å². The third-order valence-electron chi connectivity index (χ3n) is 4.84. The van der Waals surface area contributed by atoms with Crippen molar-refractivity contribution in [3.63, 3.8) is 0 Å². The lowest BCUT2D eigenvalue weighted by Crippen LogP contribution is -2.48. The van der Waals surface area contributed by atoms with Gasteiger partial charge in [-0.1, -0.05) is 12.2 Å². The van der Waals surface area contributed by atoms with Crippen LogP contribution in [0.5, 0.6) is 0 Å². The highest BCUT2D eigenvalue weighted by atomic mass is 19.1. The molecule has 2 aliphatic rings. The Labute approximate surface area is 176 Å². The number of carbonyl (C=O) groups excluding carboxylic acids is 2. The topological polar surface area (TPSA) is 83.6 Å². The van der Waals surface area contributed by atoms with E-state index in [0.29, 0.717) is 38.2 Å². The fourth-order valence-corrected chi connectivity index (χ4v) is 3.35. The summed E-state index contributed by atoms with van der Waals surface area (Å²) in [6.07, 6.45) is 7.27. The highest BCUT2D eigenvalue weighted by molar-refractivity contribution is 5.88. The van der Waals surface area contributed by atoms with Gasteiger partial charge in [-0.2, -0.15) is 0 Å². The van der Waals surface area contributed by atoms with Crippen LogP contribution in [-0.4, -0.2) is 52.9 Å². The summed E-state index contributed by atoms with van der Waals surface area (Å²) in [5.74, 6) is 0.416. The highest BCUT2D eigenvalue weighted by Gasteiger charge is 2.27. The zero-order chi connectivity index (χ0) is 21.7. The van der Waals surface area contributed by atoms with E-state index in [2.05, 4.69) is 15.6 Å². The van der Waals surface area contributed by atoms with E-state index in [1.54, 1.807) is 35.4 Å². The smallest absolute Gasteiger partial charge is 0.410 e. The molecule has 3 amide bonds. The molecule has 1 aromatic rings. The molecule has 1 unspecified atom stereocenters. The maximum atomic E-state index is 13.5. The first-order chi connectivity index (χ1) is 14.2. The lowest BCUT2D eigenvalue weighted by atomic mass is 10.0. The van der Waals surface area contributed by atoms with Crippen LogP contribution in [0, 0.1) is 0 Å². The van der Waals surface area contributed by atoms with Crippen LogP contribution in [0.4, 0.5) is 19.8 Å². The van der Waals surface area contributed by atoms with E-state index in [-0.39, 0.29) is 18.2 Å². The van der Waals surface area contributed by atoms with Gasteiger partial charge in [0.1, 0.15) is 17.6 Å². The Hall–Kier alpha value is -2.90. The number of halogens is 1. The number of urea groups is 1. The van der Waals surface area contributed by atoms with E-state index in [4.69, 9.17) is 4.74 Å².